The summed E-state index contributed by atoms with van der Waals surface area (Å²) < 4.78 is 2.45. The first kappa shape index (κ1) is 17.3. The predicted octanol–water partition coefficient (Wildman–Crippen LogP) is 3.65. The number of carbonyl (C=O) groups is 1. The molecule has 0 N–H and O–H groups in total. The highest BCUT2D eigenvalue weighted by Crippen LogP contribution is 2.27. The Bertz CT molecular complexity index is 679. The van der Waals surface area contributed by atoms with E-state index in [1.165, 1.54) is 0 Å². The van der Waals surface area contributed by atoms with E-state index in [4.69, 9.17) is 11.6 Å². The number of amides is 1. The Kier molecular flexibility index (Phi) is 5.88. The SMILES string of the molecule is CSCC(C)C(=O)N(C)c1cn(-c2cncc(Br)c2)nc1Cl. The molecule has 0 saturated carbocycles. The Balaban J connectivity index is 2.28. The molecule has 0 aromatic carbocycles. The Morgan fingerprint density at radius 1 is 1.55 bits per heavy atom. The van der Waals surface area contributed by atoms with Crippen molar-refractivity contribution >= 4 is 50.9 Å². The molecular weight excluding hydrogens is 388 g/mol. The van der Waals surface area contributed by atoms with Crippen LogP contribution >= 0.6 is 39.3 Å². The lowest BCUT2D eigenvalue weighted by atomic mass is 10.2. The normalized spacial score (nSPS) is 12.2. The molecule has 1 unspecified atom stereocenters. The summed E-state index contributed by atoms with van der Waals surface area (Å²) in [5.74, 6) is 0.708. The molecule has 2 aromatic heterocycles. The third-order valence-corrected chi connectivity index (χ3v) is 4.67. The zero-order chi connectivity index (χ0) is 16.3. The molecule has 0 bridgehead atoms. The van der Waals surface area contributed by atoms with E-state index in [1.54, 1.807) is 47.0 Å². The van der Waals surface area contributed by atoms with Gasteiger partial charge in [-0.05, 0) is 28.3 Å². The number of carbonyl (C=O) groups excluding carboxylic acids is 1. The number of anilines is 1. The molecule has 0 aliphatic carbocycles. The molecule has 2 heterocycles. The van der Waals surface area contributed by atoms with Crippen molar-refractivity contribution in [2.45, 2.75) is 6.92 Å². The van der Waals surface area contributed by atoms with Crippen LogP contribution in [0.5, 0.6) is 0 Å². The van der Waals surface area contributed by atoms with Crippen LogP contribution in [0.4, 0.5) is 5.69 Å². The number of halogens is 2. The second-order valence-electron chi connectivity index (χ2n) is 4.86. The molecule has 1 atom stereocenters. The van der Waals surface area contributed by atoms with Crippen LogP contribution in [-0.4, -0.2) is 39.7 Å². The number of hydrogen-bond donors (Lipinski definition) is 0. The Hall–Kier alpha value is -1.05. The van der Waals surface area contributed by atoms with Gasteiger partial charge in [0, 0.05) is 29.4 Å². The van der Waals surface area contributed by atoms with Gasteiger partial charge in [-0.25, -0.2) is 4.68 Å². The zero-order valence-electron chi connectivity index (χ0n) is 12.5. The molecule has 0 spiro atoms. The first-order chi connectivity index (χ1) is 10.4. The van der Waals surface area contributed by atoms with E-state index in [2.05, 4.69) is 26.0 Å². The van der Waals surface area contributed by atoms with Gasteiger partial charge < -0.3 is 4.90 Å². The van der Waals surface area contributed by atoms with Gasteiger partial charge in [0.05, 0.1) is 18.1 Å². The van der Waals surface area contributed by atoms with Gasteiger partial charge in [0.2, 0.25) is 5.91 Å². The molecular formula is C14H16BrClN4OS. The minimum Gasteiger partial charge on any atom is -0.311 e. The van der Waals surface area contributed by atoms with Crippen LogP contribution in [-0.2, 0) is 4.79 Å². The van der Waals surface area contributed by atoms with Crippen molar-refractivity contribution < 1.29 is 4.79 Å². The standard InChI is InChI=1S/C14H16BrClN4OS/c1-9(8-22-3)14(21)19(2)12-7-20(18-13(12)16)11-4-10(15)5-17-6-11/h4-7,9H,8H2,1-3H3. The van der Waals surface area contributed by atoms with Crippen LogP contribution in [0.1, 0.15) is 6.92 Å². The van der Waals surface area contributed by atoms with Gasteiger partial charge in [0.15, 0.2) is 5.15 Å². The lowest BCUT2D eigenvalue weighted by molar-refractivity contribution is -0.120. The van der Waals surface area contributed by atoms with Crippen molar-refractivity contribution in [3.05, 3.63) is 34.3 Å². The van der Waals surface area contributed by atoms with E-state index >= 15 is 0 Å². The topological polar surface area (TPSA) is 51.0 Å². The van der Waals surface area contributed by atoms with E-state index in [9.17, 15) is 4.79 Å². The van der Waals surface area contributed by atoms with Crippen LogP contribution in [0, 0.1) is 5.92 Å². The van der Waals surface area contributed by atoms with Crippen molar-refractivity contribution in [1.82, 2.24) is 14.8 Å². The van der Waals surface area contributed by atoms with Crippen LogP contribution in [0.25, 0.3) is 5.69 Å². The highest BCUT2D eigenvalue weighted by molar-refractivity contribution is 9.10. The summed E-state index contributed by atoms with van der Waals surface area (Å²) in [4.78, 5) is 18.0. The number of thioether (sulfide) groups is 1. The highest BCUT2D eigenvalue weighted by Gasteiger charge is 2.22. The first-order valence-electron chi connectivity index (χ1n) is 6.56. The van der Waals surface area contributed by atoms with Crippen molar-refractivity contribution in [3.8, 4) is 5.69 Å². The molecule has 1 amide bonds. The number of pyridine rings is 1. The molecule has 118 valence electrons. The van der Waals surface area contributed by atoms with E-state index in [0.29, 0.717) is 5.69 Å². The smallest absolute Gasteiger partial charge is 0.230 e. The molecule has 0 aliphatic rings. The monoisotopic (exact) mass is 402 g/mol. The second kappa shape index (κ2) is 7.48. The molecule has 0 saturated heterocycles. The Morgan fingerprint density at radius 2 is 2.27 bits per heavy atom. The maximum atomic E-state index is 12.4. The minimum absolute atomic E-state index is 0.0168. The van der Waals surface area contributed by atoms with Crippen LogP contribution < -0.4 is 4.90 Å². The Labute approximate surface area is 147 Å². The van der Waals surface area contributed by atoms with E-state index in [-0.39, 0.29) is 17.0 Å². The summed E-state index contributed by atoms with van der Waals surface area (Å²) in [6.45, 7) is 1.91. The van der Waals surface area contributed by atoms with E-state index in [1.807, 2.05) is 19.2 Å². The molecule has 8 heteroatoms. The third kappa shape index (κ3) is 3.83. The maximum absolute atomic E-state index is 12.4. The summed E-state index contributed by atoms with van der Waals surface area (Å²) in [6, 6.07) is 1.87. The van der Waals surface area contributed by atoms with Gasteiger partial charge in [-0.2, -0.15) is 16.9 Å². The summed E-state index contributed by atoms with van der Waals surface area (Å²) in [5.41, 5.74) is 1.35. The summed E-state index contributed by atoms with van der Waals surface area (Å²) >= 11 is 11.2. The van der Waals surface area contributed by atoms with Crippen LogP contribution in [0.15, 0.2) is 29.1 Å². The fourth-order valence-electron chi connectivity index (χ4n) is 2.00. The second-order valence-corrected chi connectivity index (χ2v) is 7.05. The van der Waals surface area contributed by atoms with E-state index in [0.717, 1.165) is 15.9 Å². The van der Waals surface area contributed by atoms with Crippen molar-refractivity contribution in [1.29, 1.82) is 0 Å². The fourth-order valence-corrected chi connectivity index (χ4v) is 3.25. The number of nitrogens with zero attached hydrogens (tertiary/aromatic N) is 4. The lowest BCUT2D eigenvalue weighted by Gasteiger charge is -2.19. The van der Waals surface area contributed by atoms with Gasteiger partial charge in [-0.1, -0.05) is 18.5 Å². The minimum atomic E-state index is -0.0769. The molecule has 0 aliphatic heterocycles. The highest BCUT2D eigenvalue weighted by atomic mass is 79.9. The fraction of sp³-hybridized carbons (Fsp3) is 0.357. The summed E-state index contributed by atoms with van der Waals surface area (Å²) in [6.07, 6.45) is 7.08. The largest absolute Gasteiger partial charge is 0.311 e. The van der Waals surface area contributed by atoms with Gasteiger partial charge >= 0.3 is 0 Å². The lowest BCUT2D eigenvalue weighted by Crippen LogP contribution is -2.32. The third-order valence-electron chi connectivity index (χ3n) is 3.14. The number of aromatic nitrogens is 3. The molecule has 0 fully saturated rings. The summed E-state index contributed by atoms with van der Waals surface area (Å²) in [7, 11) is 1.71. The van der Waals surface area contributed by atoms with Gasteiger partial charge in [0.1, 0.15) is 5.69 Å². The molecule has 22 heavy (non-hydrogen) atoms. The number of hydrogen-bond acceptors (Lipinski definition) is 4. The average Bonchev–Trinajstić information content (AvgIpc) is 2.88. The zero-order valence-corrected chi connectivity index (χ0v) is 15.6. The van der Waals surface area contributed by atoms with Crippen molar-refractivity contribution in [2.75, 3.05) is 24.0 Å². The van der Waals surface area contributed by atoms with Gasteiger partial charge in [-0.3, -0.25) is 9.78 Å². The number of rotatable bonds is 5. The quantitative estimate of drug-likeness (QED) is 0.765. The first-order valence-corrected chi connectivity index (χ1v) is 9.13. The summed E-state index contributed by atoms with van der Waals surface area (Å²) in [5, 5.41) is 4.54. The average molecular weight is 404 g/mol. The molecule has 2 rings (SSSR count). The van der Waals surface area contributed by atoms with Crippen LogP contribution in [0.2, 0.25) is 5.15 Å². The molecule has 0 radical (unpaired) electrons. The Morgan fingerprint density at radius 3 is 2.91 bits per heavy atom. The van der Waals surface area contributed by atoms with Crippen molar-refractivity contribution in [3.63, 3.8) is 0 Å². The van der Waals surface area contributed by atoms with Crippen LogP contribution in [0.3, 0.4) is 0 Å². The maximum Gasteiger partial charge on any atom is 0.230 e. The van der Waals surface area contributed by atoms with Crippen molar-refractivity contribution in [2.24, 2.45) is 5.92 Å². The predicted molar refractivity (Wildman–Crippen MR) is 95.0 cm³/mol. The molecule has 5 nitrogen and oxygen atoms in total. The molecule has 2 aromatic rings. The van der Waals surface area contributed by atoms with E-state index < -0.39 is 0 Å². The van der Waals surface area contributed by atoms with Gasteiger partial charge in [-0.15, -0.1) is 0 Å². The van der Waals surface area contributed by atoms with Gasteiger partial charge in [0.25, 0.3) is 0 Å².